The molecule has 0 aliphatic carbocycles. The van der Waals surface area contributed by atoms with Crippen molar-refractivity contribution in [1.82, 2.24) is 0 Å². The SMILES string of the molecule is OC1=CC=C[B]C1O. The Labute approximate surface area is 48.4 Å². The maximum atomic E-state index is 8.75. The fourth-order valence-corrected chi connectivity index (χ4v) is 0.521. The largest absolute Gasteiger partial charge is 0.510 e. The average molecular weight is 109 g/mol. The van der Waals surface area contributed by atoms with Gasteiger partial charge in [0.05, 0.1) is 6.00 Å². The first-order valence-corrected chi connectivity index (χ1v) is 2.39. The molecule has 0 fully saturated rings. The summed E-state index contributed by atoms with van der Waals surface area (Å²) < 4.78 is 0. The Morgan fingerprint density at radius 3 is 2.75 bits per heavy atom. The third kappa shape index (κ3) is 0.926. The second kappa shape index (κ2) is 2.05. The van der Waals surface area contributed by atoms with E-state index in [-0.39, 0.29) is 5.76 Å². The van der Waals surface area contributed by atoms with Crippen LogP contribution in [0.25, 0.3) is 0 Å². The molecule has 1 heterocycles. The van der Waals surface area contributed by atoms with Crippen LogP contribution >= 0.6 is 0 Å². The van der Waals surface area contributed by atoms with Gasteiger partial charge in [0.25, 0.3) is 0 Å². The maximum Gasteiger partial charge on any atom is 0.189 e. The number of hydrogen-bond acceptors (Lipinski definition) is 2. The zero-order chi connectivity index (χ0) is 5.98. The van der Waals surface area contributed by atoms with Gasteiger partial charge in [-0.25, -0.2) is 0 Å². The van der Waals surface area contributed by atoms with Gasteiger partial charge in [0, 0.05) is 0 Å². The standard InChI is InChI=1S/C5H6BO2/c7-4-2-1-3-6-5(4)8/h1-3,5,7-8H. The molecule has 3 heteroatoms. The Morgan fingerprint density at radius 1 is 1.62 bits per heavy atom. The van der Waals surface area contributed by atoms with Crippen molar-refractivity contribution in [1.29, 1.82) is 0 Å². The van der Waals surface area contributed by atoms with Gasteiger partial charge >= 0.3 is 0 Å². The van der Waals surface area contributed by atoms with E-state index in [2.05, 4.69) is 0 Å². The second-order valence-corrected chi connectivity index (χ2v) is 1.61. The molecule has 2 nitrogen and oxygen atoms in total. The lowest BCUT2D eigenvalue weighted by atomic mass is 9.68. The normalized spacial score (nSPS) is 26.6. The van der Waals surface area contributed by atoms with E-state index < -0.39 is 6.00 Å². The number of allylic oxidation sites excluding steroid dienone is 2. The molecule has 1 atom stereocenters. The van der Waals surface area contributed by atoms with E-state index in [9.17, 15) is 0 Å². The molecular formula is C5H6BO2. The molecule has 41 valence electrons. The summed E-state index contributed by atoms with van der Waals surface area (Å²) in [5.74, 6) is 1.69. The molecule has 0 aromatic rings. The summed E-state index contributed by atoms with van der Waals surface area (Å²) in [6, 6.07) is -0.792. The van der Waals surface area contributed by atoms with E-state index in [1.54, 1.807) is 12.1 Å². The summed E-state index contributed by atoms with van der Waals surface area (Å²) in [6.07, 6.45) is 3.13. The van der Waals surface area contributed by atoms with E-state index >= 15 is 0 Å². The van der Waals surface area contributed by atoms with E-state index in [1.807, 2.05) is 0 Å². The predicted molar refractivity (Wildman–Crippen MR) is 31.6 cm³/mol. The highest BCUT2D eigenvalue weighted by atomic mass is 16.3. The number of rotatable bonds is 0. The molecule has 0 saturated carbocycles. The first kappa shape index (κ1) is 5.44. The molecule has 0 aromatic heterocycles. The molecule has 0 aromatic carbocycles. The minimum atomic E-state index is -0.792. The van der Waals surface area contributed by atoms with E-state index in [0.29, 0.717) is 0 Å². The summed E-state index contributed by atoms with van der Waals surface area (Å²) in [4.78, 5) is 0. The average Bonchev–Trinajstić information content (AvgIpc) is 1.77. The van der Waals surface area contributed by atoms with Crippen molar-refractivity contribution in [2.45, 2.75) is 6.00 Å². The molecule has 0 spiro atoms. The highest BCUT2D eigenvalue weighted by Gasteiger charge is 2.09. The minimum Gasteiger partial charge on any atom is -0.510 e. The minimum absolute atomic E-state index is 0.00694. The van der Waals surface area contributed by atoms with Crippen LogP contribution in [0.3, 0.4) is 0 Å². The van der Waals surface area contributed by atoms with Crippen LogP contribution in [0.15, 0.2) is 23.9 Å². The lowest BCUT2D eigenvalue weighted by molar-refractivity contribution is 0.216. The summed E-state index contributed by atoms with van der Waals surface area (Å²) in [7, 11) is 1.51. The molecule has 0 saturated heterocycles. The molecule has 1 aliphatic rings. The first-order chi connectivity index (χ1) is 3.80. The highest BCUT2D eigenvalue weighted by molar-refractivity contribution is 6.44. The molecule has 1 rings (SSSR count). The number of hydrogen-bond donors (Lipinski definition) is 2. The van der Waals surface area contributed by atoms with E-state index in [1.165, 1.54) is 13.4 Å². The zero-order valence-electron chi connectivity index (χ0n) is 4.28. The van der Waals surface area contributed by atoms with Gasteiger partial charge in [-0.2, -0.15) is 0 Å². The van der Waals surface area contributed by atoms with Crippen molar-refractivity contribution in [3.8, 4) is 0 Å². The van der Waals surface area contributed by atoms with Crippen molar-refractivity contribution in [3.63, 3.8) is 0 Å². The van der Waals surface area contributed by atoms with Crippen molar-refractivity contribution in [2.75, 3.05) is 0 Å². The Hall–Kier alpha value is -0.695. The van der Waals surface area contributed by atoms with E-state index in [4.69, 9.17) is 10.2 Å². The zero-order valence-corrected chi connectivity index (χ0v) is 4.28. The van der Waals surface area contributed by atoms with Crippen molar-refractivity contribution in [3.05, 3.63) is 23.9 Å². The Kier molecular flexibility index (Phi) is 1.39. The second-order valence-electron chi connectivity index (χ2n) is 1.61. The summed E-state index contributed by atoms with van der Waals surface area (Å²) in [5.41, 5.74) is 0. The van der Waals surface area contributed by atoms with Gasteiger partial charge < -0.3 is 10.2 Å². The molecule has 2 N–H and O–H groups in total. The summed E-state index contributed by atoms with van der Waals surface area (Å²) >= 11 is 0. The van der Waals surface area contributed by atoms with Crippen LogP contribution in [0, 0.1) is 0 Å². The Bertz CT molecular complexity index is 139. The quantitative estimate of drug-likeness (QED) is 0.429. The van der Waals surface area contributed by atoms with Gasteiger partial charge in [-0.3, -0.25) is 0 Å². The first-order valence-electron chi connectivity index (χ1n) is 2.39. The van der Waals surface area contributed by atoms with Crippen LogP contribution < -0.4 is 0 Å². The van der Waals surface area contributed by atoms with Crippen molar-refractivity contribution in [2.24, 2.45) is 0 Å². The van der Waals surface area contributed by atoms with Crippen LogP contribution in [0.4, 0.5) is 0 Å². The topological polar surface area (TPSA) is 40.5 Å². The molecule has 0 bridgehead atoms. The molecule has 8 heavy (non-hydrogen) atoms. The molecule has 1 unspecified atom stereocenters. The lowest BCUT2D eigenvalue weighted by Crippen LogP contribution is -2.19. The number of aliphatic hydroxyl groups excluding tert-OH is 2. The predicted octanol–water partition coefficient (Wildman–Crippen LogP) is -0.0218. The van der Waals surface area contributed by atoms with Gasteiger partial charge in [0.15, 0.2) is 7.28 Å². The fourth-order valence-electron chi connectivity index (χ4n) is 0.521. The Morgan fingerprint density at radius 2 is 2.38 bits per heavy atom. The fraction of sp³-hybridized carbons (Fsp3) is 0.200. The third-order valence-electron chi connectivity index (χ3n) is 0.975. The smallest absolute Gasteiger partial charge is 0.189 e. The maximum absolute atomic E-state index is 8.75. The van der Waals surface area contributed by atoms with Crippen molar-refractivity contribution >= 4 is 7.28 Å². The van der Waals surface area contributed by atoms with Gasteiger partial charge in [-0.15, -0.1) is 5.98 Å². The van der Waals surface area contributed by atoms with Crippen LogP contribution in [0.2, 0.25) is 0 Å². The third-order valence-corrected chi connectivity index (χ3v) is 0.975. The highest BCUT2D eigenvalue weighted by Crippen LogP contribution is 2.01. The van der Waals surface area contributed by atoms with Crippen LogP contribution in [-0.4, -0.2) is 23.5 Å². The van der Waals surface area contributed by atoms with Crippen LogP contribution in [0.1, 0.15) is 0 Å². The van der Waals surface area contributed by atoms with Crippen LogP contribution in [0.5, 0.6) is 0 Å². The molecule has 0 amide bonds. The molecule has 1 aliphatic heterocycles. The monoisotopic (exact) mass is 109 g/mol. The van der Waals surface area contributed by atoms with Crippen LogP contribution in [-0.2, 0) is 0 Å². The van der Waals surface area contributed by atoms with Gasteiger partial charge in [-0.05, 0) is 6.08 Å². The summed E-state index contributed by atoms with van der Waals surface area (Å²) in [5, 5.41) is 17.5. The van der Waals surface area contributed by atoms with Gasteiger partial charge in [0.2, 0.25) is 0 Å². The van der Waals surface area contributed by atoms with Gasteiger partial charge in [0.1, 0.15) is 5.76 Å². The van der Waals surface area contributed by atoms with Crippen molar-refractivity contribution < 1.29 is 10.2 Å². The van der Waals surface area contributed by atoms with Gasteiger partial charge in [-0.1, -0.05) is 6.08 Å². The molecular weight excluding hydrogens is 103 g/mol. The molecule has 1 radical (unpaired) electrons. The Balaban J connectivity index is 2.66. The lowest BCUT2D eigenvalue weighted by Gasteiger charge is -2.07. The summed E-state index contributed by atoms with van der Waals surface area (Å²) in [6.45, 7) is 0. The van der Waals surface area contributed by atoms with E-state index in [0.717, 1.165) is 0 Å². The number of aliphatic hydroxyl groups is 2.